The maximum atomic E-state index is 12.4. The van der Waals surface area contributed by atoms with Gasteiger partial charge >= 0.3 is 0 Å². The Morgan fingerprint density at radius 1 is 1.13 bits per heavy atom. The standard InChI is InChI=1S/C22H25ClN4O2S/c1-14(2)15(3)24-20(28)13-30-22-26-25-21(18-7-5-6-8-19(18)29-4)27(22)17-11-9-16(23)10-12-17/h5-12,14-15H,13H2,1-4H3,(H,24,28). The molecule has 3 rings (SSSR count). The fourth-order valence-electron chi connectivity index (χ4n) is 2.78. The van der Waals surface area contributed by atoms with Gasteiger partial charge in [-0.15, -0.1) is 10.2 Å². The third-order valence-electron chi connectivity index (χ3n) is 4.79. The zero-order chi connectivity index (χ0) is 21.7. The van der Waals surface area contributed by atoms with Crippen LogP contribution in [0.25, 0.3) is 17.1 Å². The number of amides is 1. The number of carbonyl (C=O) groups is 1. The number of halogens is 1. The Morgan fingerprint density at radius 2 is 1.83 bits per heavy atom. The molecule has 0 radical (unpaired) electrons. The van der Waals surface area contributed by atoms with Gasteiger partial charge in [0.15, 0.2) is 11.0 Å². The molecule has 30 heavy (non-hydrogen) atoms. The van der Waals surface area contributed by atoms with E-state index in [9.17, 15) is 4.79 Å². The smallest absolute Gasteiger partial charge is 0.230 e. The maximum absolute atomic E-state index is 12.4. The third-order valence-corrected chi connectivity index (χ3v) is 5.97. The summed E-state index contributed by atoms with van der Waals surface area (Å²) in [5, 5.41) is 13.0. The average molecular weight is 445 g/mol. The van der Waals surface area contributed by atoms with Crippen molar-refractivity contribution >= 4 is 29.3 Å². The fraction of sp³-hybridized carbons (Fsp3) is 0.318. The molecule has 1 atom stereocenters. The molecular formula is C22H25ClN4O2S. The number of ether oxygens (including phenoxy) is 1. The summed E-state index contributed by atoms with van der Waals surface area (Å²) in [4.78, 5) is 12.4. The molecule has 0 saturated carbocycles. The lowest BCUT2D eigenvalue weighted by Crippen LogP contribution is -2.37. The van der Waals surface area contributed by atoms with Crippen molar-refractivity contribution in [3.63, 3.8) is 0 Å². The van der Waals surface area contributed by atoms with Gasteiger partial charge in [-0.3, -0.25) is 9.36 Å². The molecule has 1 amide bonds. The van der Waals surface area contributed by atoms with E-state index >= 15 is 0 Å². The summed E-state index contributed by atoms with van der Waals surface area (Å²) in [5.41, 5.74) is 1.66. The SMILES string of the molecule is COc1ccccc1-c1nnc(SCC(=O)NC(C)C(C)C)n1-c1ccc(Cl)cc1. The molecule has 6 nitrogen and oxygen atoms in total. The summed E-state index contributed by atoms with van der Waals surface area (Å²) in [6, 6.07) is 15.2. The van der Waals surface area contributed by atoms with E-state index in [0.717, 1.165) is 11.3 Å². The molecule has 1 N–H and O–H groups in total. The zero-order valence-electron chi connectivity index (χ0n) is 17.4. The molecule has 0 bridgehead atoms. The van der Waals surface area contributed by atoms with Crippen LogP contribution in [0, 0.1) is 5.92 Å². The number of hydrogen-bond acceptors (Lipinski definition) is 5. The average Bonchev–Trinajstić information content (AvgIpc) is 3.16. The van der Waals surface area contributed by atoms with Crippen molar-refractivity contribution in [2.45, 2.75) is 32.0 Å². The predicted molar refractivity (Wildman–Crippen MR) is 122 cm³/mol. The topological polar surface area (TPSA) is 69.0 Å². The van der Waals surface area contributed by atoms with Crippen LogP contribution in [0.3, 0.4) is 0 Å². The number of nitrogens with zero attached hydrogens (tertiary/aromatic N) is 3. The van der Waals surface area contributed by atoms with Crippen molar-refractivity contribution in [1.29, 1.82) is 0 Å². The molecule has 1 aromatic heterocycles. The van der Waals surface area contributed by atoms with Crippen LogP contribution in [-0.4, -0.2) is 39.6 Å². The van der Waals surface area contributed by atoms with E-state index in [1.54, 1.807) is 7.11 Å². The number of rotatable bonds is 8. The number of thioether (sulfide) groups is 1. The summed E-state index contributed by atoms with van der Waals surface area (Å²) in [6.07, 6.45) is 0. The molecule has 0 aliphatic carbocycles. The molecule has 1 heterocycles. The number of carbonyl (C=O) groups excluding carboxylic acids is 1. The predicted octanol–water partition coefficient (Wildman–Crippen LogP) is 4.85. The van der Waals surface area contributed by atoms with E-state index in [1.165, 1.54) is 11.8 Å². The van der Waals surface area contributed by atoms with Crippen LogP contribution in [0.1, 0.15) is 20.8 Å². The zero-order valence-corrected chi connectivity index (χ0v) is 19.0. The Morgan fingerprint density at radius 3 is 2.50 bits per heavy atom. The largest absolute Gasteiger partial charge is 0.496 e. The summed E-state index contributed by atoms with van der Waals surface area (Å²) < 4.78 is 7.42. The highest BCUT2D eigenvalue weighted by molar-refractivity contribution is 7.99. The van der Waals surface area contributed by atoms with Crippen molar-refractivity contribution in [3.05, 3.63) is 53.6 Å². The van der Waals surface area contributed by atoms with Crippen LogP contribution in [0.5, 0.6) is 5.75 Å². The van der Waals surface area contributed by atoms with Gasteiger partial charge in [-0.05, 0) is 49.2 Å². The van der Waals surface area contributed by atoms with E-state index in [1.807, 2.05) is 60.0 Å². The molecule has 1 unspecified atom stereocenters. The summed E-state index contributed by atoms with van der Waals surface area (Å²) in [6.45, 7) is 6.16. The fourth-order valence-corrected chi connectivity index (χ4v) is 3.67. The van der Waals surface area contributed by atoms with Gasteiger partial charge in [0.1, 0.15) is 5.75 Å². The van der Waals surface area contributed by atoms with Gasteiger partial charge in [0, 0.05) is 16.8 Å². The second-order valence-electron chi connectivity index (χ2n) is 7.21. The molecule has 0 aliphatic rings. The highest BCUT2D eigenvalue weighted by atomic mass is 35.5. The van der Waals surface area contributed by atoms with E-state index in [4.69, 9.17) is 16.3 Å². The summed E-state index contributed by atoms with van der Waals surface area (Å²) >= 11 is 7.42. The van der Waals surface area contributed by atoms with Crippen LogP contribution in [0.15, 0.2) is 53.7 Å². The first kappa shape index (κ1) is 22.2. The normalized spacial score (nSPS) is 12.1. The molecule has 0 fully saturated rings. The van der Waals surface area contributed by atoms with Crippen LogP contribution in [-0.2, 0) is 4.79 Å². The number of aromatic nitrogens is 3. The van der Waals surface area contributed by atoms with Crippen LogP contribution < -0.4 is 10.1 Å². The molecule has 2 aromatic carbocycles. The summed E-state index contributed by atoms with van der Waals surface area (Å²) in [5.74, 6) is 1.90. The minimum absolute atomic E-state index is 0.0364. The van der Waals surface area contributed by atoms with Gasteiger partial charge in [0.05, 0.1) is 18.4 Å². The molecule has 0 saturated heterocycles. The van der Waals surface area contributed by atoms with Crippen molar-refractivity contribution in [2.24, 2.45) is 5.92 Å². The lowest BCUT2D eigenvalue weighted by Gasteiger charge is -2.17. The number of para-hydroxylation sites is 1. The van der Waals surface area contributed by atoms with Crippen molar-refractivity contribution in [1.82, 2.24) is 20.1 Å². The van der Waals surface area contributed by atoms with Gasteiger partial charge in [0.2, 0.25) is 5.91 Å². The molecule has 0 aliphatic heterocycles. The second-order valence-corrected chi connectivity index (χ2v) is 8.59. The molecule has 0 spiro atoms. The Kier molecular flexibility index (Phi) is 7.39. The van der Waals surface area contributed by atoms with Crippen LogP contribution in [0.2, 0.25) is 5.02 Å². The van der Waals surface area contributed by atoms with Gasteiger partial charge in [-0.25, -0.2) is 0 Å². The Bertz CT molecular complexity index is 1000. The molecular weight excluding hydrogens is 420 g/mol. The first-order chi connectivity index (χ1) is 14.4. The van der Waals surface area contributed by atoms with Gasteiger partial charge < -0.3 is 10.1 Å². The lowest BCUT2D eigenvalue weighted by molar-refractivity contribution is -0.119. The van der Waals surface area contributed by atoms with Crippen LogP contribution in [0.4, 0.5) is 0 Å². The van der Waals surface area contributed by atoms with Crippen molar-refractivity contribution < 1.29 is 9.53 Å². The summed E-state index contributed by atoms with van der Waals surface area (Å²) in [7, 11) is 1.62. The number of methoxy groups -OCH3 is 1. The second kappa shape index (κ2) is 10.00. The lowest BCUT2D eigenvalue weighted by atomic mass is 10.1. The minimum Gasteiger partial charge on any atom is -0.496 e. The third kappa shape index (κ3) is 5.15. The Balaban J connectivity index is 1.95. The van der Waals surface area contributed by atoms with E-state index in [2.05, 4.69) is 29.4 Å². The van der Waals surface area contributed by atoms with Crippen molar-refractivity contribution in [3.8, 4) is 22.8 Å². The van der Waals surface area contributed by atoms with Gasteiger partial charge in [-0.2, -0.15) is 0 Å². The Labute approximate surface area is 186 Å². The first-order valence-electron chi connectivity index (χ1n) is 9.67. The van der Waals surface area contributed by atoms with Crippen molar-refractivity contribution in [2.75, 3.05) is 12.9 Å². The number of nitrogens with one attached hydrogen (secondary N) is 1. The highest BCUT2D eigenvalue weighted by Crippen LogP contribution is 2.33. The molecule has 3 aromatic rings. The maximum Gasteiger partial charge on any atom is 0.230 e. The van der Waals surface area contributed by atoms with E-state index < -0.39 is 0 Å². The quantitative estimate of drug-likeness (QED) is 0.503. The first-order valence-corrected chi connectivity index (χ1v) is 11.0. The molecule has 158 valence electrons. The van der Waals surface area contributed by atoms with E-state index in [-0.39, 0.29) is 17.7 Å². The Hall–Kier alpha value is -2.51. The monoisotopic (exact) mass is 444 g/mol. The van der Waals surface area contributed by atoms with Crippen LogP contribution >= 0.6 is 23.4 Å². The number of hydrogen-bond donors (Lipinski definition) is 1. The van der Waals surface area contributed by atoms with Gasteiger partial charge in [-0.1, -0.05) is 49.3 Å². The highest BCUT2D eigenvalue weighted by Gasteiger charge is 2.20. The number of benzene rings is 2. The van der Waals surface area contributed by atoms with Gasteiger partial charge in [0.25, 0.3) is 0 Å². The van der Waals surface area contributed by atoms with E-state index in [0.29, 0.717) is 27.7 Å². The molecule has 8 heteroatoms. The minimum atomic E-state index is -0.0364.